The number of carbonyl (C=O) groups is 1. The summed E-state index contributed by atoms with van der Waals surface area (Å²) in [6.45, 7) is 3.26. The first-order chi connectivity index (χ1) is 12.7. The SMILES string of the molecule is COC(=O)c1cc(C)ccc1NCCCOc1cccc2ccccc12. The molecule has 4 heteroatoms. The third kappa shape index (κ3) is 4.14. The second-order valence-corrected chi connectivity index (χ2v) is 6.15. The number of rotatable bonds is 7. The van der Waals surface area contributed by atoms with Crippen LogP contribution in [0.3, 0.4) is 0 Å². The van der Waals surface area contributed by atoms with Gasteiger partial charge in [0, 0.05) is 17.6 Å². The lowest BCUT2D eigenvalue weighted by molar-refractivity contribution is 0.0601. The van der Waals surface area contributed by atoms with Crippen LogP contribution in [0.4, 0.5) is 5.69 Å². The van der Waals surface area contributed by atoms with Crippen molar-refractivity contribution in [3.63, 3.8) is 0 Å². The number of ether oxygens (including phenoxy) is 2. The average molecular weight is 349 g/mol. The highest BCUT2D eigenvalue weighted by Crippen LogP contribution is 2.25. The van der Waals surface area contributed by atoms with Crippen molar-refractivity contribution < 1.29 is 14.3 Å². The quantitative estimate of drug-likeness (QED) is 0.491. The smallest absolute Gasteiger partial charge is 0.339 e. The van der Waals surface area contributed by atoms with Crippen LogP contribution in [-0.4, -0.2) is 26.2 Å². The van der Waals surface area contributed by atoms with Crippen molar-refractivity contribution in [2.45, 2.75) is 13.3 Å². The molecule has 0 bridgehead atoms. The van der Waals surface area contributed by atoms with Crippen LogP contribution in [0.15, 0.2) is 60.7 Å². The van der Waals surface area contributed by atoms with Gasteiger partial charge in [0.05, 0.1) is 19.3 Å². The summed E-state index contributed by atoms with van der Waals surface area (Å²) in [7, 11) is 1.40. The van der Waals surface area contributed by atoms with Gasteiger partial charge in [-0.3, -0.25) is 0 Å². The fourth-order valence-electron chi connectivity index (χ4n) is 2.89. The van der Waals surface area contributed by atoms with E-state index in [2.05, 4.69) is 23.5 Å². The molecule has 0 saturated heterocycles. The van der Waals surface area contributed by atoms with Crippen LogP contribution < -0.4 is 10.1 Å². The minimum atomic E-state index is -0.330. The Morgan fingerprint density at radius 3 is 2.69 bits per heavy atom. The zero-order valence-electron chi connectivity index (χ0n) is 15.1. The minimum Gasteiger partial charge on any atom is -0.493 e. The molecule has 3 rings (SSSR count). The Hall–Kier alpha value is -3.01. The highest BCUT2D eigenvalue weighted by atomic mass is 16.5. The fraction of sp³-hybridized carbons (Fsp3) is 0.227. The number of methoxy groups -OCH3 is 1. The molecular weight excluding hydrogens is 326 g/mol. The van der Waals surface area contributed by atoms with E-state index < -0.39 is 0 Å². The lowest BCUT2D eigenvalue weighted by atomic mass is 10.1. The Bertz CT molecular complexity index is 900. The summed E-state index contributed by atoms with van der Waals surface area (Å²) in [6.07, 6.45) is 0.817. The molecule has 0 unspecified atom stereocenters. The number of anilines is 1. The molecule has 3 aromatic carbocycles. The summed E-state index contributed by atoms with van der Waals surface area (Å²) < 4.78 is 10.8. The summed E-state index contributed by atoms with van der Waals surface area (Å²) in [5, 5.41) is 5.59. The number of carbonyl (C=O) groups excluding carboxylic acids is 1. The maximum Gasteiger partial charge on any atom is 0.339 e. The van der Waals surface area contributed by atoms with E-state index >= 15 is 0 Å². The maximum absolute atomic E-state index is 11.9. The molecule has 26 heavy (non-hydrogen) atoms. The Kier molecular flexibility index (Phi) is 5.74. The first-order valence-electron chi connectivity index (χ1n) is 8.72. The highest BCUT2D eigenvalue weighted by molar-refractivity contribution is 5.95. The summed E-state index contributed by atoms with van der Waals surface area (Å²) in [5.74, 6) is 0.567. The van der Waals surface area contributed by atoms with E-state index in [-0.39, 0.29) is 5.97 Å². The second-order valence-electron chi connectivity index (χ2n) is 6.15. The molecule has 0 atom stereocenters. The van der Waals surface area contributed by atoms with E-state index in [1.165, 1.54) is 12.5 Å². The van der Waals surface area contributed by atoms with E-state index in [1.807, 2.05) is 49.4 Å². The third-order valence-corrected chi connectivity index (χ3v) is 4.22. The number of fused-ring (bicyclic) bond motifs is 1. The van der Waals surface area contributed by atoms with Gasteiger partial charge >= 0.3 is 5.97 Å². The molecule has 1 N–H and O–H groups in total. The Morgan fingerprint density at radius 2 is 1.85 bits per heavy atom. The van der Waals surface area contributed by atoms with Crippen LogP contribution in [-0.2, 0) is 4.74 Å². The van der Waals surface area contributed by atoms with Gasteiger partial charge in [-0.1, -0.05) is 48.0 Å². The van der Waals surface area contributed by atoms with Crippen molar-refractivity contribution in [2.24, 2.45) is 0 Å². The van der Waals surface area contributed by atoms with Gasteiger partial charge in [0.2, 0.25) is 0 Å². The standard InChI is InChI=1S/C22H23NO3/c1-16-11-12-20(19(15-16)22(24)25-2)23-13-6-14-26-21-10-5-8-17-7-3-4-9-18(17)21/h3-5,7-12,15,23H,6,13-14H2,1-2H3. The molecule has 0 aliphatic heterocycles. The van der Waals surface area contributed by atoms with Crippen molar-refractivity contribution >= 4 is 22.4 Å². The second kappa shape index (κ2) is 8.39. The van der Waals surface area contributed by atoms with Crippen molar-refractivity contribution in [2.75, 3.05) is 25.6 Å². The molecule has 0 heterocycles. The summed E-state index contributed by atoms with van der Waals surface area (Å²) in [5.41, 5.74) is 2.37. The van der Waals surface area contributed by atoms with Gasteiger partial charge in [-0.2, -0.15) is 0 Å². The molecule has 0 spiro atoms. The van der Waals surface area contributed by atoms with E-state index in [4.69, 9.17) is 9.47 Å². The fourth-order valence-corrected chi connectivity index (χ4v) is 2.89. The molecule has 0 fully saturated rings. The van der Waals surface area contributed by atoms with Crippen molar-refractivity contribution in [3.05, 3.63) is 71.8 Å². The van der Waals surface area contributed by atoms with Crippen molar-refractivity contribution in [1.82, 2.24) is 0 Å². The molecule has 0 amide bonds. The van der Waals surface area contributed by atoms with Gasteiger partial charge in [-0.15, -0.1) is 0 Å². The maximum atomic E-state index is 11.9. The Balaban J connectivity index is 1.56. The molecule has 0 saturated carbocycles. The highest BCUT2D eigenvalue weighted by Gasteiger charge is 2.11. The van der Waals surface area contributed by atoms with E-state index in [0.29, 0.717) is 18.7 Å². The van der Waals surface area contributed by atoms with Crippen LogP contribution >= 0.6 is 0 Å². The number of hydrogen-bond donors (Lipinski definition) is 1. The lowest BCUT2D eigenvalue weighted by Gasteiger charge is -2.13. The van der Waals surface area contributed by atoms with Crippen LogP contribution in [0, 0.1) is 6.92 Å². The van der Waals surface area contributed by atoms with E-state index in [9.17, 15) is 4.79 Å². The monoisotopic (exact) mass is 349 g/mol. The average Bonchev–Trinajstić information content (AvgIpc) is 2.68. The minimum absolute atomic E-state index is 0.330. The molecule has 0 aliphatic carbocycles. The molecule has 4 nitrogen and oxygen atoms in total. The number of benzene rings is 3. The summed E-state index contributed by atoms with van der Waals surface area (Å²) in [4.78, 5) is 11.9. The number of hydrogen-bond acceptors (Lipinski definition) is 4. The van der Waals surface area contributed by atoms with Gasteiger partial charge in [0.1, 0.15) is 5.75 Å². The summed E-state index contributed by atoms with van der Waals surface area (Å²) >= 11 is 0. The van der Waals surface area contributed by atoms with Crippen LogP contribution in [0.1, 0.15) is 22.3 Å². The van der Waals surface area contributed by atoms with Crippen molar-refractivity contribution in [3.8, 4) is 5.75 Å². The molecule has 0 aromatic heterocycles. The topological polar surface area (TPSA) is 47.6 Å². The van der Waals surface area contributed by atoms with Gasteiger partial charge in [0.15, 0.2) is 0 Å². The molecule has 134 valence electrons. The molecule has 3 aromatic rings. The lowest BCUT2D eigenvalue weighted by Crippen LogP contribution is -2.11. The first kappa shape index (κ1) is 17.8. The van der Waals surface area contributed by atoms with Gasteiger partial charge < -0.3 is 14.8 Å². The number of nitrogens with one attached hydrogen (secondary N) is 1. The zero-order valence-corrected chi connectivity index (χ0v) is 15.1. The molecular formula is C22H23NO3. The zero-order chi connectivity index (χ0) is 18.4. The predicted molar refractivity (Wildman–Crippen MR) is 105 cm³/mol. The van der Waals surface area contributed by atoms with Gasteiger partial charge in [-0.25, -0.2) is 4.79 Å². The normalized spacial score (nSPS) is 10.5. The number of esters is 1. The molecule has 0 radical (unpaired) electrons. The van der Waals surface area contributed by atoms with Crippen LogP contribution in [0.2, 0.25) is 0 Å². The summed E-state index contributed by atoms with van der Waals surface area (Å²) in [6, 6.07) is 20.0. The van der Waals surface area contributed by atoms with Crippen LogP contribution in [0.25, 0.3) is 10.8 Å². The van der Waals surface area contributed by atoms with Gasteiger partial charge in [0.25, 0.3) is 0 Å². The van der Waals surface area contributed by atoms with Crippen molar-refractivity contribution in [1.29, 1.82) is 0 Å². The van der Waals surface area contributed by atoms with E-state index in [0.717, 1.165) is 28.8 Å². The number of aryl methyl sites for hydroxylation is 1. The van der Waals surface area contributed by atoms with Gasteiger partial charge in [-0.05, 0) is 36.9 Å². The Morgan fingerprint density at radius 1 is 1.04 bits per heavy atom. The van der Waals surface area contributed by atoms with Crippen LogP contribution in [0.5, 0.6) is 5.75 Å². The van der Waals surface area contributed by atoms with E-state index in [1.54, 1.807) is 0 Å². The third-order valence-electron chi connectivity index (χ3n) is 4.22. The molecule has 0 aliphatic rings. The Labute approximate surface area is 153 Å². The predicted octanol–water partition coefficient (Wildman–Crippen LogP) is 4.82. The first-order valence-corrected chi connectivity index (χ1v) is 8.72. The largest absolute Gasteiger partial charge is 0.493 e.